The first-order valence-electron chi connectivity index (χ1n) is 10.1. The number of nitro benzene ring substituents is 1. The Hall–Kier alpha value is -4.46. The zero-order valence-electron chi connectivity index (χ0n) is 18.3. The Bertz CT molecular complexity index is 1380. The van der Waals surface area contributed by atoms with Crippen molar-refractivity contribution < 1.29 is 19.2 Å². The largest absolute Gasteiger partial charge is 0.493 e. The number of methoxy groups -OCH3 is 2. The van der Waals surface area contributed by atoms with E-state index < -0.39 is 10.8 Å². The zero-order valence-corrected chi connectivity index (χ0v) is 18.3. The highest BCUT2D eigenvalue weighted by Gasteiger charge is 2.20. The molecular formula is C25H21N3O5. The van der Waals surface area contributed by atoms with Crippen LogP contribution in [0.25, 0.3) is 22.2 Å². The molecular weight excluding hydrogens is 422 g/mol. The lowest BCUT2D eigenvalue weighted by molar-refractivity contribution is -0.384. The number of nitro groups is 1. The van der Waals surface area contributed by atoms with E-state index in [2.05, 4.69) is 5.32 Å². The molecule has 8 heteroatoms. The summed E-state index contributed by atoms with van der Waals surface area (Å²) in [4.78, 5) is 29.0. The molecule has 0 radical (unpaired) electrons. The number of amides is 1. The van der Waals surface area contributed by atoms with Crippen LogP contribution in [0, 0.1) is 17.0 Å². The third-order valence-electron chi connectivity index (χ3n) is 5.24. The second-order valence-electron chi connectivity index (χ2n) is 7.37. The van der Waals surface area contributed by atoms with Crippen LogP contribution >= 0.6 is 0 Å². The van der Waals surface area contributed by atoms with Gasteiger partial charge in [0.2, 0.25) is 0 Å². The van der Waals surface area contributed by atoms with Gasteiger partial charge in [-0.3, -0.25) is 14.9 Å². The van der Waals surface area contributed by atoms with Gasteiger partial charge in [-0.2, -0.15) is 0 Å². The van der Waals surface area contributed by atoms with E-state index in [1.807, 2.05) is 24.3 Å². The van der Waals surface area contributed by atoms with E-state index in [1.165, 1.54) is 12.1 Å². The summed E-state index contributed by atoms with van der Waals surface area (Å²) in [6.45, 7) is 1.75. The second kappa shape index (κ2) is 8.96. The first-order valence-corrected chi connectivity index (χ1v) is 10.1. The number of hydrogen-bond donors (Lipinski definition) is 1. The SMILES string of the molecule is COc1ccc(-c2cc(C(=O)Nc3ccc(C)cc3[N+](=O)[O-])c3ccccc3n2)cc1OC. The molecule has 4 rings (SSSR count). The third-order valence-corrected chi connectivity index (χ3v) is 5.24. The number of fused-ring (bicyclic) bond motifs is 1. The standard InChI is InChI=1S/C25H21N3O5/c1-15-8-10-20(22(12-15)28(30)31)27-25(29)18-14-21(26-19-7-5-4-6-17(18)19)16-9-11-23(32-2)24(13-16)33-3/h4-14H,1-3H3,(H,27,29). The number of nitrogens with zero attached hydrogens (tertiary/aromatic N) is 2. The number of ether oxygens (including phenoxy) is 2. The van der Waals surface area contributed by atoms with Crippen molar-refractivity contribution in [3.8, 4) is 22.8 Å². The predicted octanol–water partition coefficient (Wildman–Crippen LogP) is 5.39. The molecule has 0 aliphatic carbocycles. The number of rotatable bonds is 6. The molecule has 0 saturated heterocycles. The van der Waals surface area contributed by atoms with E-state index in [-0.39, 0.29) is 11.4 Å². The van der Waals surface area contributed by atoms with Crippen LogP contribution in [0.2, 0.25) is 0 Å². The molecule has 1 amide bonds. The smallest absolute Gasteiger partial charge is 0.293 e. The number of carbonyl (C=O) groups is 1. The molecule has 0 unspecified atom stereocenters. The van der Waals surface area contributed by atoms with E-state index in [0.29, 0.717) is 33.7 Å². The fourth-order valence-electron chi connectivity index (χ4n) is 3.59. The van der Waals surface area contributed by atoms with E-state index in [0.717, 1.165) is 11.1 Å². The average molecular weight is 443 g/mol. The number of carbonyl (C=O) groups excluding carboxylic acids is 1. The highest BCUT2D eigenvalue weighted by atomic mass is 16.6. The molecule has 0 saturated carbocycles. The van der Waals surface area contributed by atoms with Crippen LogP contribution in [-0.4, -0.2) is 30.0 Å². The predicted molar refractivity (Wildman–Crippen MR) is 126 cm³/mol. The quantitative estimate of drug-likeness (QED) is 0.317. The Morgan fingerprint density at radius 2 is 1.73 bits per heavy atom. The Morgan fingerprint density at radius 1 is 0.970 bits per heavy atom. The molecule has 1 aromatic heterocycles. The van der Waals surface area contributed by atoms with Gasteiger partial charge in [0.05, 0.1) is 35.9 Å². The van der Waals surface area contributed by atoms with Crippen LogP contribution in [0.1, 0.15) is 15.9 Å². The number of para-hydroxylation sites is 1. The Balaban J connectivity index is 1.82. The molecule has 3 aromatic carbocycles. The molecule has 0 atom stereocenters. The molecule has 0 aliphatic rings. The summed E-state index contributed by atoms with van der Waals surface area (Å²) in [7, 11) is 3.10. The van der Waals surface area contributed by atoms with Gasteiger partial charge in [0.15, 0.2) is 11.5 Å². The summed E-state index contributed by atoms with van der Waals surface area (Å²) < 4.78 is 10.7. The number of aromatic nitrogens is 1. The van der Waals surface area contributed by atoms with Crippen molar-refractivity contribution >= 4 is 28.2 Å². The number of benzene rings is 3. The lowest BCUT2D eigenvalue weighted by Crippen LogP contribution is -2.14. The van der Waals surface area contributed by atoms with Gasteiger partial charge in [-0.05, 0) is 48.9 Å². The van der Waals surface area contributed by atoms with Crippen LogP contribution in [0.3, 0.4) is 0 Å². The third kappa shape index (κ3) is 4.31. The van der Waals surface area contributed by atoms with Crippen LogP contribution in [0.15, 0.2) is 66.7 Å². The van der Waals surface area contributed by atoms with Gasteiger partial charge in [-0.1, -0.05) is 24.3 Å². The second-order valence-corrected chi connectivity index (χ2v) is 7.37. The Morgan fingerprint density at radius 3 is 2.45 bits per heavy atom. The first-order chi connectivity index (χ1) is 15.9. The van der Waals surface area contributed by atoms with Gasteiger partial charge in [0.1, 0.15) is 5.69 Å². The Kier molecular flexibility index (Phi) is 5.91. The van der Waals surface area contributed by atoms with Gasteiger partial charge in [0, 0.05) is 17.0 Å². The van der Waals surface area contributed by atoms with Crippen molar-refractivity contribution in [1.82, 2.24) is 4.98 Å². The fourth-order valence-corrected chi connectivity index (χ4v) is 3.59. The molecule has 4 aromatic rings. The summed E-state index contributed by atoms with van der Waals surface area (Å²) in [5.74, 6) is 0.639. The highest BCUT2D eigenvalue weighted by Crippen LogP contribution is 2.33. The molecule has 33 heavy (non-hydrogen) atoms. The minimum Gasteiger partial charge on any atom is -0.493 e. The summed E-state index contributed by atoms with van der Waals surface area (Å²) in [6, 6.07) is 18.9. The van der Waals surface area contributed by atoms with Crippen LogP contribution < -0.4 is 14.8 Å². The molecule has 166 valence electrons. The minimum absolute atomic E-state index is 0.129. The topological polar surface area (TPSA) is 104 Å². The fraction of sp³-hybridized carbons (Fsp3) is 0.120. The molecule has 0 bridgehead atoms. The highest BCUT2D eigenvalue weighted by molar-refractivity contribution is 6.13. The van der Waals surface area contributed by atoms with Gasteiger partial charge < -0.3 is 14.8 Å². The molecule has 0 fully saturated rings. The van der Waals surface area contributed by atoms with E-state index in [4.69, 9.17) is 14.5 Å². The maximum Gasteiger partial charge on any atom is 0.293 e. The van der Waals surface area contributed by atoms with Gasteiger partial charge >= 0.3 is 0 Å². The number of pyridine rings is 1. The van der Waals surface area contributed by atoms with Gasteiger partial charge in [-0.25, -0.2) is 4.98 Å². The van der Waals surface area contributed by atoms with Crippen molar-refractivity contribution in [2.75, 3.05) is 19.5 Å². The van der Waals surface area contributed by atoms with Crippen LogP contribution in [0.4, 0.5) is 11.4 Å². The van der Waals surface area contributed by atoms with Gasteiger partial charge in [0.25, 0.3) is 11.6 Å². The van der Waals surface area contributed by atoms with Crippen LogP contribution in [0.5, 0.6) is 11.5 Å². The summed E-state index contributed by atoms with van der Waals surface area (Å²) >= 11 is 0. The van der Waals surface area contributed by atoms with Gasteiger partial charge in [-0.15, -0.1) is 0 Å². The number of nitrogens with one attached hydrogen (secondary N) is 1. The lowest BCUT2D eigenvalue weighted by atomic mass is 10.0. The van der Waals surface area contributed by atoms with Crippen molar-refractivity contribution in [3.63, 3.8) is 0 Å². The van der Waals surface area contributed by atoms with E-state index >= 15 is 0 Å². The molecule has 0 spiro atoms. The molecule has 0 aliphatic heterocycles. The zero-order chi connectivity index (χ0) is 23.5. The minimum atomic E-state index is -0.512. The number of anilines is 1. The van der Waals surface area contributed by atoms with Crippen molar-refractivity contribution in [3.05, 3.63) is 88.0 Å². The van der Waals surface area contributed by atoms with E-state index in [1.54, 1.807) is 51.5 Å². The summed E-state index contributed by atoms with van der Waals surface area (Å²) in [5, 5.41) is 14.8. The lowest BCUT2D eigenvalue weighted by Gasteiger charge is -2.13. The molecule has 8 nitrogen and oxygen atoms in total. The van der Waals surface area contributed by atoms with Crippen molar-refractivity contribution in [2.24, 2.45) is 0 Å². The first kappa shape index (κ1) is 21.8. The number of hydrogen-bond acceptors (Lipinski definition) is 6. The summed E-state index contributed by atoms with van der Waals surface area (Å²) in [5.41, 5.74) is 2.94. The average Bonchev–Trinajstić information content (AvgIpc) is 2.83. The maximum atomic E-state index is 13.3. The van der Waals surface area contributed by atoms with Crippen LogP contribution in [-0.2, 0) is 0 Å². The maximum absolute atomic E-state index is 13.3. The summed E-state index contributed by atoms with van der Waals surface area (Å²) in [6.07, 6.45) is 0. The monoisotopic (exact) mass is 443 g/mol. The molecule has 1 heterocycles. The Labute approximate surface area is 189 Å². The van der Waals surface area contributed by atoms with Crippen molar-refractivity contribution in [2.45, 2.75) is 6.92 Å². The van der Waals surface area contributed by atoms with E-state index in [9.17, 15) is 14.9 Å². The normalized spacial score (nSPS) is 10.6. The molecule has 1 N–H and O–H groups in total. The van der Waals surface area contributed by atoms with Crippen molar-refractivity contribution in [1.29, 1.82) is 0 Å². The number of aryl methyl sites for hydroxylation is 1.